The molecule has 2 atom stereocenters. The van der Waals surface area contributed by atoms with E-state index in [4.69, 9.17) is 9.16 Å². The predicted octanol–water partition coefficient (Wildman–Crippen LogP) is 3.77. The molecule has 1 saturated heterocycles. The molecule has 1 fully saturated rings. The Bertz CT molecular complexity index is 412. The molecule has 0 saturated carbocycles. The lowest BCUT2D eigenvalue weighted by Gasteiger charge is -2.40. The van der Waals surface area contributed by atoms with Crippen LogP contribution in [0.1, 0.15) is 54.4 Å². The van der Waals surface area contributed by atoms with Gasteiger partial charge in [0.05, 0.1) is 18.8 Å². The molecular weight excluding hydrogens is 310 g/mol. The number of ether oxygens (including phenoxy) is 1. The summed E-state index contributed by atoms with van der Waals surface area (Å²) in [6.07, 6.45) is 0.490. The van der Waals surface area contributed by atoms with Gasteiger partial charge in [-0.25, -0.2) is 4.79 Å². The van der Waals surface area contributed by atoms with Crippen LogP contribution in [0.5, 0.6) is 0 Å². The lowest BCUT2D eigenvalue weighted by atomic mass is 10.1. The summed E-state index contributed by atoms with van der Waals surface area (Å²) in [5.74, 6) is 0. The van der Waals surface area contributed by atoms with E-state index in [9.17, 15) is 9.90 Å². The van der Waals surface area contributed by atoms with Crippen molar-refractivity contribution in [2.24, 2.45) is 0 Å². The number of nitrogens with zero attached hydrogens (tertiary/aromatic N) is 1. The Kier molecular flexibility index (Phi) is 6.32. The fourth-order valence-corrected chi connectivity index (χ4v) is 3.68. The second-order valence-electron chi connectivity index (χ2n) is 9.12. The van der Waals surface area contributed by atoms with Crippen LogP contribution >= 0.6 is 0 Å². The molecular formula is C17H35NO4Si. The van der Waals surface area contributed by atoms with Crippen LogP contribution in [-0.4, -0.2) is 55.3 Å². The molecule has 1 amide bonds. The fourth-order valence-electron chi connectivity index (χ4n) is 2.30. The molecule has 23 heavy (non-hydrogen) atoms. The number of aliphatic hydroxyl groups is 1. The van der Waals surface area contributed by atoms with Gasteiger partial charge in [0.2, 0.25) is 0 Å². The fraction of sp³-hybridized carbons (Fsp3) is 0.941. The van der Waals surface area contributed by atoms with Gasteiger partial charge in [0, 0.05) is 6.54 Å². The summed E-state index contributed by atoms with van der Waals surface area (Å²) in [7, 11) is -1.91. The van der Waals surface area contributed by atoms with E-state index in [1.807, 2.05) is 20.8 Å². The SMILES string of the molecule is CC(C)(C)OC(=O)N1CC(O)CCC(O[Si](C)(C)C(C)(C)C)C1. The van der Waals surface area contributed by atoms with Gasteiger partial charge >= 0.3 is 6.09 Å². The molecule has 0 aliphatic carbocycles. The molecule has 0 aromatic heterocycles. The molecule has 5 nitrogen and oxygen atoms in total. The first-order chi connectivity index (χ1) is 10.2. The highest BCUT2D eigenvalue weighted by Gasteiger charge is 2.40. The van der Waals surface area contributed by atoms with E-state index in [0.717, 1.165) is 6.42 Å². The minimum Gasteiger partial charge on any atom is -0.444 e. The lowest BCUT2D eigenvalue weighted by Crippen LogP contribution is -2.48. The van der Waals surface area contributed by atoms with E-state index < -0.39 is 20.0 Å². The van der Waals surface area contributed by atoms with Gasteiger partial charge in [-0.2, -0.15) is 0 Å². The van der Waals surface area contributed by atoms with E-state index in [1.165, 1.54) is 0 Å². The molecule has 1 rings (SSSR count). The quantitative estimate of drug-likeness (QED) is 0.774. The highest BCUT2D eigenvalue weighted by atomic mass is 28.4. The summed E-state index contributed by atoms with van der Waals surface area (Å²) in [5.41, 5.74) is -0.538. The molecule has 1 heterocycles. The van der Waals surface area contributed by atoms with E-state index >= 15 is 0 Å². The minimum absolute atomic E-state index is 0.0411. The maximum atomic E-state index is 12.4. The van der Waals surface area contributed by atoms with E-state index in [1.54, 1.807) is 4.90 Å². The van der Waals surface area contributed by atoms with Gasteiger partial charge in [0.25, 0.3) is 0 Å². The summed E-state index contributed by atoms with van der Waals surface area (Å²) in [4.78, 5) is 14.0. The maximum absolute atomic E-state index is 12.4. The zero-order valence-electron chi connectivity index (χ0n) is 16.1. The maximum Gasteiger partial charge on any atom is 0.410 e. The Balaban J connectivity index is 2.81. The summed E-state index contributed by atoms with van der Waals surface area (Å²) in [6.45, 7) is 17.4. The van der Waals surface area contributed by atoms with Gasteiger partial charge < -0.3 is 19.2 Å². The van der Waals surface area contributed by atoms with Crippen molar-refractivity contribution in [3.8, 4) is 0 Å². The Morgan fingerprint density at radius 3 is 2.13 bits per heavy atom. The molecule has 0 aromatic rings. The number of hydrogen-bond acceptors (Lipinski definition) is 4. The molecule has 6 heteroatoms. The van der Waals surface area contributed by atoms with Gasteiger partial charge in [0.1, 0.15) is 5.60 Å². The van der Waals surface area contributed by atoms with Crippen LogP contribution in [0.3, 0.4) is 0 Å². The highest BCUT2D eigenvalue weighted by Crippen LogP contribution is 2.38. The molecule has 1 aliphatic rings. The van der Waals surface area contributed by atoms with Crippen molar-refractivity contribution in [3.63, 3.8) is 0 Å². The second-order valence-corrected chi connectivity index (χ2v) is 13.9. The van der Waals surface area contributed by atoms with Crippen molar-refractivity contribution in [2.75, 3.05) is 13.1 Å². The third kappa shape index (κ3) is 6.43. The van der Waals surface area contributed by atoms with Crippen LogP contribution in [-0.2, 0) is 9.16 Å². The Morgan fingerprint density at radius 1 is 1.09 bits per heavy atom. The summed E-state index contributed by atoms with van der Waals surface area (Å²) in [5, 5.41) is 10.2. The number of amides is 1. The molecule has 0 aromatic carbocycles. The first-order valence-corrected chi connectivity index (χ1v) is 11.5. The summed E-state index contributed by atoms with van der Waals surface area (Å²) >= 11 is 0. The number of aliphatic hydroxyl groups excluding tert-OH is 1. The van der Waals surface area contributed by atoms with Crippen molar-refractivity contribution in [1.29, 1.82) is 0 Å². The number of carbonyl (C=O) groups excluding carboxylic acids is 1. The van der Waals surface area contributed by atoms with Crippen molar-refractivity contribution < 1.29 is 19.1 Å². The third-order valence-electron chi connectivity index (χ3n) is 4.60. The van der Waals surface area contributed by atoms with Crippen LogP contribution in [0.25, 0.3) is 0 Å². The number of likely N-dealkylation sites (tertiary alicyclic amines) is 1. The van der Waals surface area contributed by atoms with Crippen LogP contribution in [0, 0.1) is 0 Å². The van der Waals surface area contributed by atoms with Gasteiger partial charge in [-0.15, -0.1) is 0 Å². The minimum atomic E-state index is -1.91. The second kappa shape index (κ2) is 7.11. The topological polar surface area (TPSA) is 59.0 Å². The zero-order valence-corrected chi connectivity index (χ0v) is 17.1. The standard InChI is InChI=1S/C17H35NO4Si/c1-16(2,3)21-15(20)18-11-13(19)9-10-14(12-18)22-23(7,8)17(4,5)6/h13-14,19H,9-12H2,1-8H3. The molecule has 2 unspecified atom stereocenters. The van der Waals surface area contributed by atoms with Gasteiger partial charge in [-0.1, -0.05) is 20.8 Å². The average molecular weight is 346 g/mol. The molecule has 0 bridgehead atoms. The van der Waals surface area contributed by atoms with Gasteiger partial charge in [-0.3, -0.25) is 0 Å². The average Bonchev–Trinajstić information content (AvgIpc) is 2.47. The van der Waals surface area contributed by atoms with Gasteiger partial charge in [-0.05, 0) is 51.7 Å². The Morgan fingerprint density at radius 2 is 1.65 bits per heavy atom. The first-order valence-electron chi connectivity index (χ1n) is 8.55. The summed E-state index contributed by atoms with van der Waals surface area (Å²) in [6, 6.07) is 0. The molecule has 1 N–H and O–H groups in total. The Hall–Kier alpha value is -0.593. The van der Waals surface area contributed by atoms with E-state index in [2.05, 4.69) is 33.9 Å². The number of carbonyl (C=O) groups is 1. The zero-order chi connectivity index (χ0) is 18.1. The summed E-state index contributed by atoms with van der Waals surface area (Å²) < 4.78 is 11.9. The predicted molar refractivity (Wildman–Crippen MR) is 95.1 cm³/mol. The van der Waals surface area contributed by atoms with Crippen LogP contribution in [0.2, 0.25) is 18.1 Å². The normalized spacial score (nSPS) is 24.3. The smallest absolute Gasteiger partial charge is 0.410 e. The third-order valence-corrected chi connectivity index (χ3v) is 9.13. The lowest BCUT2D eigenvalue weighted by molar-refractivity contribution is 0.0119. The van der Waals surface area contributed by atoms with Crippen molar-refractivity contribution >= 4 is 14.4 Å². The van der Waals surface area contributed by atoms with Crippen LogP contribution in [0.4, 0.5) is 4.79 Å². The van der Waals surface area contributed by atoms with Crippen LogP contribution in [0.15, 0.2) is 0 Å². The van der Waals surface area contributed by atoms with E-state index in [0.29, 0.717) is 19.5 Å². The molecule has 136 valence electrons. The highest BCUT2D eigenvalue weighted by molar-refractivity contribution is 6.74. The van der Waals surface area contributed by atoms with Crippen molar-refractivity contribution in [3.05, 3.63) is 0 Å². The van der Waals surface area contributed by atoms with Gasteiger partial charge in [0.15, 0.2) is 8.32 Å². The number of rotatable bonds is 2. The number of β-amino-alcohol motifs (C(OH)–C–C–N with tert-alkyl or cyclic N) is 1. The Labute approximate surface area is 142 Å². The first kappa shape index (κ1) is 20.5. The monoisotopic (exact) mass is 345 g/mol. The van der Waals surface area contributed by atoms with Crippen LogP contribution < -0.4 is 0 Å². The van der Waals surface area contributed by atoms with Crippen molar-refractivity contribution in [1.82, 2.24) is 4.90 Å². The molecule has 0 spiro atoms. The molecule has 0 radical (unpaired) electrons. The molecule has 1 aliphatic heterocycles. The van der Waals surface area contributed by atoms with E-state index in [-0.39, 0.29) is 17.2 Å². The number of hydrogen-bond donors (Lipinski definition) is 1. The van der Waals surface area contributed by atoms with Crippen molar-refractivity contribution in [2.45, 2.75) is 90.3 Å². The largest absolute Gasteiger partial charge is 0.444 e.